The molecule has 0 unspecified atom stereocenters. The number of ether oxygens (including phenoxy) is 2. The van der Waals surface area contributed by atoms with Crippen LogP contribution in [0.1, 0.15) is 48.8 Å². The molecule has 0 spiro atoms. The Labute approximate surface area is 170 Å². The van der Waals surface area contributed by atoms with Gasteiger partial charge in [-0.15, -0.1) is 11.3 Å². The first-order chi connectivity index (χ1) is 13.6. The lowest BCUT2D eigenvalue weighted by atomic mass is 10.2. The van der Waals surface area contributed by atoms with Crippen LogP contribution in [0.4, 0.5) is 0 Å². The Bertz CT molecular complexity index is 862. The second-order valence-electron chi connectivity index (χ2n) is 6.86. The largest absolute Gasteiger partial charge is 0.493 e. The minimum atomic E-state index is 0.263. The predicted molar refractivity (Wildman–Crippen MR) is 110 cm³/mol. The Morgan fingerprint density at radius 1 is 1.18 bits per heavy atom. The number of thiophene rings is 1. The Hall–Kier alpha value is -2.38. The van der Waals surface area contributed by atoms with E-state index in [1.54, 1.807) is 18.4 Å². The third kappa shape index (κ3) is 5.33. The third-order valence-electron chi connectivity index (χ3n) is 4.39. The number of hydrogen-bond donors (Lipinski definition) is 0. The monoisotopic (exact) mass is 401 g/mol. The summed E-state index contributed by atoms with van der Waals surface area (Å²) in [4.78, 5) is 7.91. The van der Waals surface area contributed by atoms with Crippen molar-refractivity contribution >= 4 is 11.3 Å². The van der Waals surface area contributed by atoms with Gasteiger partial charge in [-0.05, 0) is 35.7 Å². The van der Waals surface area contributed by atoms with Crippen molar-refractivity contribution in [2.45, 2.75) is 46.4 Å². The van der Waals surface area contributed by atoms with E-state index in [9.17, 15) is 0 Å². The molecule has 0 N–H and O–H groups in total. The molecule has 0 atom stereocenters. The summed E-state index contributed by atoms with van der Waals surface area (Å²) < 4.78 is 16.8. The normalized spacial score (nSPS) is 11.4. The Balaban J connectivity index is 1.64. The fraction of sp³-hybridized carbons (Fsp3) is 0.429. The highest BCUT2D eigenvalue weighted by Gasteiger charge is 2.14. The zero-order chi connectivity index (χ0) is 19.9. The van der Waals surface area contributed by atoms with Crippen molar-refractivity contribution < 1.29 is 14.0 Å². The lowest BCUT2D eigenvalue weighted by molar-refractivity contribution is 0.228. The quantitative estimate of drug-likeness (QED) is 0.483. The van der Waals surface area contributed by atoms with Crippen molar-refractivity contribution in [2.24, 2.45) is 0 Å². The Kier molecular flexibility index (Phi) is 7.06. The number of benzene rings is 1. The Morgan fingerprint density at radius 3 is 2.68 bits per heavy atom. The maximum Gasteiger partial charge on any atom is 0.240 e. The van der Waals surface area contributed by atoms with Crippen LogP contribution in [0.15, 0.2) is 40.2 Å². The van der Waals surface area contributed by atoms with Gasteiger partial charge in [0, 0.05) is 17.3 Å². The zero-order valence-electron chi connectivity index (χ0n) is 16.8. The first-order valence-corrected chi connectivity index (χ1v) is 10.3. The molecule has 150 valence electrons. The van der Waals surface area contributed by atoms with E-state index in [1.165, 1.54) is 4.88 Å². The van der Waals surface area contributed by atoms with E-state index in [2.05, 4.69) is 47.9 Å². The van der Waals surface area contributed by atoms with Crippen LogP contribution in [0, 0.1) is 0 Å². The van der Waals surface area contributed by atoms with Crippen molar-refractivity contribution in [1.82, 2.24) is 15.0 Å². The highest BCUT2D eigenvalue weighted by atomic mass is 32.1. The van der Waals surface area contributed by atoms with Crippen molar-refractivity contribution in [1.29, 1.82) is 0 Å². The van der Waals surface area contributed by atoms with Gasteiger partial charge in [-0.1, -0.05) is 38.1 Å². The van der Waals surface area contributed by atoms with Gasteiger partial charge in [0.05, 0.1) is 13.7 Å². The predicted octanol–water partition coefficient (Wildman–Crippen LogP) is 4.86. The van der Waals surface area contributed by atoms with Crippen LogP contribution < -0.4 is 9.47 Å². The molecule has 0 aliphatic carbocycles. The smallest absolute Gasteiger partial charge is 0.240 e. The molecule has 0 fully saturated rings. The van der Waals surface area contributed by atoms with Crippen LogP contribution in [0.25, 0.3) is 0 Å². The van der Waals surface area contributed by atoms with E-state index in [4.69, 9.17) is 14.0 Å². The molecule has 1 aromatic carbocycles. The van der Waals surface area contributed by atoms with Gasteiger partial charge < -0.3 is 14.0 Å². The van der Waals surface area contributed by atoms with E-state index in [0.29, 0.717) is 19.0 Å². The first-order valence-electron chi connectivity index (χ1n) is 9.46. The van der Waals surface area contributed by atoms with E-state index in [0.717, 1.165) is 36.0 Å². The maximum absolute atomic E-state index is 5.92. The molecule has 7 heteroatoms. The first kappa shape index (κ1) is 20.4. The minimum absolute atomic E-state index is 0.263. The van der Waals surface area contributed by atoms with Crippen molar-refractivity contribution in [3.63, 3.8) is 0 Å². The van der Waals surface area contributed by atoms with Crippen LogP contribution >= 0.6 is 11.3 Å². The summed E-state index contributed by atoms with van der Waals surface area (Å²) in [5.41, 5.74) is 1.14. The molecule has 2 aromatic heterocycles. The maximum atomic E-state index is 5.92. The lowest BCUT2D eigenvalue weighted by Gasteiger charge is -2.19. The molecule has 0 radical (unpaired) electrons. The van der Waals surface area contributed by atoms with Gasteiger partial charge in [-0.3, -0.25) is 4.90 Å². The number of aromatic nitrogens is 2. The van der Waals surface area contributed by atoms with Crippen molar-refractivity contribution in [3.8, 4) is 11.5 Å². The molecule has 28 heavy (non-hydrogen) atoms. The van der Waals surface area contributed by atoms with Gasteiger partial charge in [-0.2, -0.15) is 4.98 Å². The summed E-state index contributed by atoms with van der Waals surface area (Å²) in [6.07, 6.45) is 0. The molecule has 0 amide bonds. The summed E-state index contributed by atoms with van der Waals surface area (Å²) in [6, 6.07) is 10.2. The molecule has 0 aliphatic heterocycles. The molecule has 0 saturated carbocycles. The second-order valence-corrected chi connectivity index (χ2v) is 7.89. The summed E-state index contributed by atoms with van der Waals surface area (Å²) in [5, 5.41) is 6.09. The molecule has 0 aliphatic rings. The fourth-order valence-electron chi connectivity index (χ4n) is 2.77. The summed E-state index contributed by atoms with van der Waals surface area (Å²) >= 11 is 1.68. The third-order valence-corrected chi connectivity index (χ3v) is 5.24. The zero-order valence-corrected chi connectivity index (χ0v) is 17.7. The number of nitrogens with zero attached hydrogens (tertiary/aromatic N) is 3. The molecule has 6 nitrogen and oxygen atoms in total. The summed E-state index contributed by atoms with van der Waals surface area (Å²) in [5.74, 6) is 3.15. The van der Waals surface area contributed by atoms with Gasteiger partial charge in [0.15, 0.2) is 17.3 Å². The van der Waals surface area contributed by atoms with E-state index in [-0.39, 0.29) is 5.92 Å². The molecule has 3 aromatic rings. The van der Waals surface area contributed by atoms with Gasteiger partial charge in [0.2, 0.25) is 5.89 Å². The average molecular weight is 402 g/mol. The topological polar surface area (TPSA) is 60.6 Å². The van der Waals surface area contributed by atoms with Crippen molar-refractivity contribution in [3.05, 3.63) is 57.9 Å². The van der Waals surface area contributed by atoms with Gasteiger partial charge in [-0.25, -0.2) is 0 Å². The summed E-state index contributed by atoms with van der Waals surface area (Å²) in [6.45, 7) is 9.03. The second kappa shape index (κ2) is 9.71. The number of methoxy groups -OCH3 is 1. The summed E-state index contributed by atoms with van der Waals surface area (Å²) in [7, 11) is 1.67. The SMILES string of the molecule is CCN(Cc1ccc(OCc2cccs2)c(OC)c1)Cc1nc(C(C)C)no1. The van der Waals surface area contributed by atoms with Gasteiger partial charge in [0.25, 0.3) is 0 Å². The number of hydrogen-bond acceptors (Lipinski definition) is 7. The lowest BCUT2D eigenvalue weighted by Crippen LogP contribution is -2.22. The minimum Gasteiger partial charge on any atom is -0.493 e. The molecular weight excluding hydrogens is 374 g/mol. The molecule has 2 heterocycles. The Morgan fingerprint density at radius 2 is 2.04 bits per heavy atom. The molecular formula is C21H27N3O3S. The molecule has 0 bridgehead atoms. The van der Waals surface area contributed by atoms with Crippen LogP contribution in [-0.2, 0) is 19.7 Å². The van der Waals surface area contributed by atoms with Crippen LogP contribution in [-0.4, -0.2) is 28.7 Å². The standard InChI is InChI=1S/C21H27N3O3S/c1-5-24(13-20-22-21(15(2)3)23-27-20)12-16-8-9-18(19(11-16)25-4)26-14-17-7-6-10-28-17/h6-11,15H,5,12-14H2,1-4H3. The number of rotatable bonds is 10. The van der Waals surface area contributed by atoms with E-state index < -0.39 is 0 Å². The van der Waals surface area contributed by atoms with Gasteiger partial charge >= 0.3 is 0 Å². The van der Waals surface area contributed by atoms with Crippen LogP contribution in [0.2, 0.25) is 0 Å². The van der Waals surface area contributed by atoms with E-state index >= 15 is 0 Å². The molecule has 0 saturated heterocycles. The van der Waals surface area contributed by atoms with Crippen molar-refractivity contribution in [2.75, 3.05) is 13.7 Å². The highest BCUT2D eigenvalue weighted by Crippen LogP contribution is 2.30. The average Bonchev–Trinajstić information content (AvgIpc) is 3.38. The van der Waals surface area contributed by atoms with Gasteiger partial charge in [0.1, 0.15) is 6.61 Å². The molecule has 3 rings (SSSR count). The highest BCUT2D eigenvalue weighted by molar-refractivity contribution is 7.09. The van der Waals surface area contributed by atoms with Crippen LogP contribution in [0.3, 0.4) is 0 Å². The van der Waals surface area contributed by atoms with Crippen LogP contribution in [0.5, 0.6) is 11.5 Å². The van der Waals surface area contributed by atoms with E-state index in [1.807, 2.05) is 23.6 Å². The fourth-order valence-corrected chi connectivity index (χ4v) is 3.38.